The quantitative estimate of drug-likeness (QED) is 0.814. The number of rotatable bonds is 4. The maximum atomic E-state index is 13.5. The van der Waals surface area contributed by atoms with Crippen molar-refractivity contribution in [2.45, 2.75) is 19.4 Å². The Morgan fingerprint density at radius 1 is 1.50 bits per heavy atom. The molecule has 20 heavy (non-hydrogen) atoms. The first-order valence-corrected chi connectivity index (χ1v) is 6.92. The Labute approximate surface area is 122 Å². The summed E-state index contributed by atoms with van der Waals surface area (Å²) in [5.74, 6) is 0.683. The van der Waals surface area contributed by atoms with Gasteiger partial charge in [-0.25, -0.2) is 9.37 Å². The molecule has 108 valence electrons. The topological polar surface area (TPSA) is 38.1 Å². The molecule has 1 heterocycles. The van der Waals surface area contributed by atoms with Crippen LogP contribution in [-0.4, -0.2) is 40.3 Å². The van der Waals surface area contributed by atoms with Crippen molar-refractivity contribution in [3.8, 4) is 0 Å². The van der Waals surface area contributed by atoms with Crippen LogP contribution in [0.15, 0.2) is 18.2 Å². The molecule has 2 aromatic rings. The summed E-state index contributed by atoms with van der Waals surface area (Å²) >= 11 is 5.79. The maximum absolute atomic E-state index is 13.5. The molecule has 1 atom stereocenters. The molecule has 0 saturated heterocycles. The van der Waals surface area contributed by atoms with E-state index >= 15 is 0 Å². The van der Waals surface area contributed by atoms with Crippen molar-refractivity contribution in [2.24, 2.45) is 0 Å². The van der Waals surface area contributed by atoms with Crippen LogP contribution >= 0.6 is 11.6 Å². The van der Waals surface area contributed by atoms with Crippen LogP contribution in [0.4, 0.5) is 4.39 Å². The molecule has 0 aliphatic heterocycles. The molecule has 1 amide bonds. The van der Waals surface area contributed by atoms with E-state index in [1.165, 1.54) is 17.0 Å². The van der Waals surface area contributed by atoms with Gasteiger partial charge in [-0.05, 0) is 25.1 Å². The molecule has 0 radical (unpaired) electrons. The van der Waals surface area contributed by atoms with E-state index in [4.69, 9.17) is 11.6 Å². The second-order valence-electron chi connectivity index (χ2n) is 4.88. The number of benzene rings is 1. The van der Waals surface area contributed by atoms with Gasteiger partial charge in [0.05, 0.1) is 11.0 Å². The first-order valence-electron chi connectivity index (χ1n) is 6.39. The van der Waals surface area contributed by atoms with Crippen molar-refractivity contribution in [3.63, 3.8) is 0 Å². The third kappa shape index (κ3) is 2.63. The van der Waals surface area contributed by atoms with Crippen LogP contribution < -0.4 is 0 Å². The number of halogens is 2. The lowest BCUT2D eigenvalue weighted by Crippen LogP contribution is -2.30. The molecular formula is C14H17ClFN3O. The molecule has 2 rings (SSSR count). The number of imidazole rings is 1. The molecule has 0 fully saturated rings. The number of nitrogens with zero attached hydrogens (tertiary/aromatic N) is 3. The fourth-order valence-electron chi connectivity index (χ4n) is 2.29. The number of amides is 1. The first-order chi connectivity index (χ1) is 9.45. The summed E-state index contributed by atoms with van der Waals surface area (Å²) in [6, 6.07) is 3.93. The number of fused-ring (bicyclic) bond motifs is 1. The van der Waals surface area contributed by atoms with E-state index in [0.29, 0.717) is 29.2 Å². The number of carbonyl (C=O) groups is 1. The Morgan fingerprint density at radius 2 is 2.20 bits per heavy atom. The van der Waals surface area contributed by atoms with Crippen molar-refractivity contribution in [2.75, 3.05) is 20.0 Å². The second kappa shape index (κ2) is 5.79. The summed E-state index contributed by atoms with van der Waals surface area (Å²) < 4.78 is 15.2. The highest BCUT2D eigenvalue weighted by Gasteiger charge is 2.22. The molecule has 0 N–H and O–H groups in total. The number of aromatic nitrogens is 2. The van der Waals surface area contributed by atoms with Gasteiger partial charge in [0.15, 0.2) is 0 Å². The van der Waals surface area contributed by atoms with Gasteiger partial charge in [-0.15, -0.1) is 11.6 Å². The van der Waals surface area contributed by atoms with Gasteiger partial charge in [-0.1, -0.05) is 0 Å². The molecule has 4 nitrogen and oxygen atoms in total. The molecule has 1 aromatic carbocycles. The van der Waals surface area contributed by atoms with Crippen molar-refractivity contribution < 1.29 is 9.18 Å². The second-order valence-corrected chi connectivity index (χ2v) is 5.26. The predicted molar refractivity (Wildman–Crippen MR) is 77.5 cm³/mol. The smallest absolute Gasteiger partial charge is 0.244 e. The SMILES string of the molecule is CC(C(=O)N(C)C)n1c(CCCl)nc2ccc(F)cc21. The summed E-state index contributed by atoms with van der Waals surface area (Å²) in [4.78, 5) is 18.1. The summed E-state index contributed by atoms with van der Waals surface area (Å²) in [5, 5.41) is 0. The normalized spacial score (nSPS) is 12.7. The number of aryl methyl sites for hydroxylation is 1. The van der Waals surface area contributed by atoms with Crippen molar-refractivity contribution in [3.05, 3.63) is 29.8 Å². The minimum absolute atomic E-state index is 0.0654. The summed E-state index contributed by atoms with van der Waals surface area (Å²) in [7, 11) is 3.39. The lowest BCUT2D eigenvalue weighted by Gasteiger charge is -2.20. The number of hydrogen-bond donors (Lipinski definition) is 0. The van der Waals surface area contributed by atoms with Gasteiger partial charge in [-0.2, -0.15) is 0 Å². The lowest BCUT2D eigenvalue weighted by atomic mass is 10.2. The Balaban J connectivity index is 2.61. The van der Waals surface area contributed by atoms with E-state index in [1.807, 2.05) is 0 Å². The van der Waals surface area contributed by atoms with Gasteiger partial charge in [-0.3, -0.25) is 4.79 Å². The maximum Gasteiger partial charge on any atom is 0.244 e. The molecule has 0 saturated carbocycles. The molecule has 0 aliphatic carbocycles. The Bertz CT molecular complexity index is 639. The molecule has 1 unspecified atom stereocenters. The molecule has 6 heteroatoms. The number of hydrogen-bond acceptors (Lipinski definition) is 2. The van der Waals surface area contributed by atoms with Crippen LogP contribution in [0.2, 0.25) is 0 Å². The van der Waals surface area contributed by atoms with Crippen LogP contribution in [0.1, 0.15) is 18.8 Å². The zero-order chi connectivity index (χ0) is 14.9. The third-order valence-corrected chi connectivity index (χ3v) is 3.42. The van der Waals surface area contributed by atoms with Crippen LogP contribution in [0.3, 0.4) is 0 Å². The summed E-state index contributed by atoms with van der Waals surface area (Å²) in [6.07, 6.45) is 0.531. The van der Waals surface area contributed by atoms with E-state index in [0.717, 1.165) is 0 Å². The van der Waals surface area contributed by atoms with Crippen LogP contribution in [-0.2, 0) is 11.2 Å². The molecule has 0 aliphatic rings. The Morgan fingerprint density at radius 3 is 2.80 bits per heavy atom. The third-order valence-electron chi connectivity index (χ3n) is 3.23. The van der Waals surface area contributed by atoms with Gasteiger partial charge in [0.2, 0.25) is 5.91 Å². The highest BCUT2D eigenvalue weighted by Crippen LogP contribution is 2.23. The van der Waals surface area contributed by atoms with Gasteiger partial charge < -0.3 is 9.47 Å². The van der Waals surface area contributed by atoms with E-state index in [1.54, 1.807) is 31.7 Å². The minimum atomic E-state index is -0.449. The number of likely N-dealkylation sites (N-methyl/N-ethyl adjacent to an activating group) is 1. The van der Waals surface area contributed by atoms with Gasteiger partial charge in [0, 0.05) is 26.4 Å². The first kappa shape index (κ1) is 14.8. The van der Waals surface area contributed by atoms with E-state index in [-0.39, 0.29) is 11.7 Å². The highest BCUT2D eigenvalue weighted by atomic mass is 35.5. The number of alkyl halides is 1. The zero-order valence-corrected chi connectivity index (χ0v) is 12.5. The molecule has 0 spiro atoms. The van der Waals surface area contributed by atoms with Gasteiger partial charge in [0.1, 0.15) is 17.7 Å². The lowest BCUT2D eigenvalue weighted by molar-refractivity contribution is -0.131. The predicted octanol–water partition coefficient (Wildman–Crippen LogP) is 2.61. The fraction of sp³-hybridized carbons (Fsp3) is 0.429. The van der Waals surface area contributed by atoms with E-state index < -0.39 is 6.04 Å². The molecule has 1 aromatic heterocycles. The van der Waals surface area contributed by atoms with Crippen LogP contribution in [0.25, 0.3) is 11.0 Å². The largest absolute Gasteiger partial charge is 0.347 e. The Kier molecular flexibility index (Phi) is 4.28. The number of carbonyl (C=O) groups excluding carboxylic acids is 1. The Hall–Kier alpha value is -1.62. The minimum Gasteiger partial charge on any atom is -0.347 e. The zero-order valence-electron chi connectivity index (χ0n) is 11.7. The van der Waals surface area contributed by atoms with Gasteiger partial charge >= 0.3 is 0 Å². The highest BCUT2D eigenvalue weighted by molar-refractivity contribution is 6.17. The van der Waals surface area contributed by atoms with Crippen molar-refractivity contribution >= 4 is 28.5 Å². The average Bonchev–Trinajstić information content (AvgIpc) is 2.74. The summed E-state index contributed by atoms with van der Waals surface area (Å²) in [6.45, 7) is 1.78. The van der Waals surface area contributed by atoms with Gasteiger partial charge in [0.25, 0.3) is 0 Å². The fourth-order valence-corrected chi connectivity index (χ4v) is 2.46. The molecule has 0 bridgehead atoms. The van der Waals surface area contributed by atoms with Crippen molar-refractivity contribution in [1.29, 1.82) is 0 Å². The average molecular weight is 298 g/mol. The molecular weight excluding hydrogens is 281 g/mol. The monoisotopic (exact) mass is 297 g/mol. The van der Waals surface area contributed by atoms with Crippen molar-refractivity contribution in [1.82, 2.24) is 14.5 Å². The van der Waals surface area contributed by atoms with E-state index in [2.05, 4.69) is 4.98 Å². The summed E-state index contributed by atoms with van der Waals surface area (Å²) in [5.41, 5.74) is 1.29. The van der Waals surface area contributed by atoms with Crippen LogP contribution in [0, 0.1) is 5.82 Å². The standard InChI is InChI=1S/C14H17ClFN3O/c1-9(14(20)18(2)3)19-12-8-10(16)4-5-11(12)17-13(19)6-7-15/h4-5,8-9H,6-7H2,1-3H3. The van der Waals surface area contributed by atoms with Crippen LogP contribution in [0.5, 0.6) is 0 Å². The van der Waals surface area contributed by atoms with E-state index in [9.17, 15) is 9.18 Å².